The van der Waals surface area contributed by atoms with Crippen molar-refractivity contribution < 1.29 is 8.42 Å². The molecule has 1 saturated heterocycles. The van der Waals surface area contributed by atoms with E-state index in [1.54, 1.807) is 35.0 Å². The highest BCUT2D eigenvalue weighted by Gasteiger charge is 2.30. The molecule has 0 amide bonds. The molecule has 1 aliphatic carbocycles. The van der Waals surface area contributed by atoms with E-state index in [4.69, 9.17) is 11.6 Å². The van der Waals surface area contributed by atoms with Gasteiger partial charge >= 0.3 is 0 Å². The van der Waals surface area contributed by atoms with Gasteiger partial charge in [-0.1, -0.05) is 24.4 Å². The Balaban J connectivity index is 1.45. The summed E-state index contributed by atoms with van der Waals surface area (Å²) in [6.45, 7) is 3.45. The minimum absolute atomic E-state index is 0.0808. The highest BCUT2D eigenvalue weighted by atomic mass is 35.5. The van der Waals surface area contributed by atoms with Crippen LogP contribution in [-0.2, 0) is 9.84 Å². The topological polar surface area (TPSA) is 97.2 Å². The van der Waals surface area contributed by atoms with E-state index in [0.29, 0.717) is 34.7 Å². The molecule has 2 fully saturated rings. The molecule has 5 rings (SSSR count). The van der Waals surface area contributed by atoms with Crippen molar-refractivity contribution in [2.45, 2.75) is 61.6 Å². The molecule has 35 heavy (non-hydrogen) atoms. The molecule has 1 N–H and O–H groups in total. The molecule has 1 saturated carbocycles. The number of fused-ring (bicyclic) bond motifs is 1. The van der Waals surface area contributed by atoms with Gasteiger partial charge in [-0.2, -0.15) is 4.98 Å². The highest BCUT2D eigenvalue weighted by Crippen LogP contribution is 2.32. The third-order valence-corrected chi connectivity index (χ3v) is 9.83. The molecule has 3 aromatic rings. The lowest BCUT2D eigenvalue weighted by atomic mass is 10.1. The van der Waals surface area contributed by atoms with Crippen molar-refractivity contribution in [2.24, 2.45) is 0 Å². The van der Waals surface area contributed by atoms with Gasteiger partial charge in [0.05, 0.1) is 10.1 Å². The zero-order chi connectivity index (χ0) is 24.7. The van der Waals surface area contributed by atoms with E-state index in [9.17, 15) is 13.2 Å². The number of piperidine rings is 1. The van der Waals surface area contributed by atoms with Gasteiger partial charge in [0, 0.05) is 23.3 Å². The summed E-state index contributed by atoms with van der Waals surface area (Å²) in [6.07, 6.45) is 6.96. The van der Waals surface area contributed by atoms with Crippen molar-refractivity contribution in [1.82, 2.24) is 19.4 Å². The molecule has 1 aromatic carbocycles. The van der Waals surface area contributed by atoms with E-state index in [0.717, 1.165) is 50.0 Å². The van der Waals surface area contributed by atoms with Gasteiger partial charge in [0.15, 0.2) is 9.84 Å². The molecule has 186 valence electrons. The molecule has 0 radical (unpaired) electrons. The van der Waals surface area contributed by atoms with E-state index in [1.165, 1.54) is 0 Å². The average Bonchev–Trinajstić information content (AvgIpc) is 3.36. The first-order chi connectivity index (χ1) is 16.7. The second-order valence-electron chi connectivity index (χ2n) is 9.73. The maximum atomic E-state index is 13.2. The molecule has 10 heteroatoms. The van der Waals surface area contributed by atoms with Gasteiger partial charge in [0.25, 0.3) is 5.56 Å². The summed E-state index contributed by atoms with van der Waals surface area (Å²) in [5.74, 6) is 0.347. The van der Waals surface area contributed by atoms with Crippen LogP contribution in [0.1, 0.15) is 50.1 Å². The van der Waals surface area contributed by atoms with E-state index >= 15 is 0 Å². The fraction of sp³-hybridized carbons (Fsp3) is 0.480. The molecular weight excluding hydrogens is 486 g/mol. The second-order valence-corrected chi connectivity index (χ2v) is 12.4. The van der Waals surface area contributed by atoms with Gasteiger partial charge in [-0.15, -0.1) is 0 Å². The fourth-order valence-corrected chi connectivity index (χ4v) is 7.23. The number of aryl methyl sites for hydroxylation is 1. The molecule has 2 aliphatic rings. The van der Waals surface area contributed by atoms with Crippen LogP contribution in [0.5, 0.6) is 0 Å². The van der Waals surface area contributed by atoms with Crippen molar-refractivity contribution in [2.75, 3.05) is 25.5 Å². The van der Waals surface area contributed by atoms with Gasteiger partial charge in [-0.3, -0.25) is 9.36 Å². The van der Waals surface area contributed by atoms with Crippen LogP contribution in [0.3, 0.4) is 0 Å². The fourth-order valence-electron chi connectivity index (χ4n) is 5.21. The first kappa shape index (κ1) is 24.2. The Bertz CT molecular complexity index is 1430. The molecule has 0 atom stereocenters. The molecule has 3 heterocycles. The van der Waals surface area contributed by atoms with Crippen LogP contribution in [0.2, 0.25) is 5.02 Å². The van der Waals surface area contributed by atoms with Crippen LogP contribution in [0.25, 0.3) is 11.0 Å². The summed E-state index contributed by atoms with van der Waals surface area (Å²) in [5, 5.41) is 3.74. The van der Waals surface area contributed by atoms with Gasteiger partial charge in [-0.25, -0.2) is 13.4 Å². The number of nitrogens with one attached hydrogen (secondary N) is 1. The molecule has 0 spiro atoms. The molecule has 1 aliphatic heterocycles. The Labute approximate surface area is 210 Å². The smallest absolute Gasteiger partial charge is 0.271 e. The van der Waals surface area contributed by atoms with Crippen molar-refractivity contribution in [3.05, 3.63) is 51.4 Å². The van der Waals surface area contributed by atoms with Crippen LogP contribution in [0.15, 0.2) is 40.2 Å². The summed E-state index contributed by atoms with van der Waals surface area (Å²) in [4.78, 5) is 24.5. The summed E-state index contributed by atoms with van der Waals surface area (Å²) in [5.41, 5.74) is 1.83. The first-order valence-corrected chi connectivity index (χ1v) is 14.0. The van der Waals surface area contributed by atoms with Crippen molar-refractivity contribution in [3.63, 3.8) is 0 Å². The van der Waals surface area contributed by atoms with Crippen molar-refractivity contribution in [3.8, 4) is 0 Å². The van der Waals surface area contributed by atoms with Gasteiger partial charge in [-0.05, 0) is 82.6 Å². The number of pyridine rings is 1. The predicted molar refractivity (Wildman–Crippen MR) is 138 cm³/mol. The molecule has 0 bridgehead atoms. The lowest BCUT2D eigenvalue weighted by Crippen LogP contribution is -2.37. The standard InChI is InChI=1S/C25H30ClN5O3S/c1-16-13-20(35(33,34)19-9-11-30(2)12-10-19)7-8-22(16)28-25-27-15-17-14-21(26)24(32)31(23(17)29-25)18-5-3-4-6-18/h7-8,13-15,18-19H,3-6,9-12H2,1-2H3,(H,27,28,29). The Morgan fingerprint density at radius 1 is 1.09 bits per heavy atom. The first-order valence-electron chi connectivity index (χ1n) is 12.1. The summed E-state index contributed by atoms with van der Waals surface area (Å²) in [6, 6.07) is 6.82. The summed E-state index contributed by atoms with van der Waals surface area (Å²) >= 11 is 6.22. The maximum Gasteiger partial charge on any atom is 0.271 e. The predicted octanol–water partition coefficient (Wildman–Crippen LogP) is 4.48. The number of halogens is 1. The normalized spacial score (nSPS) is 18.4. The number of aromatic nitrogens is 3. The molecule has 8 nitrogen and oxygen atoms in total. The second kappa shape index (κ2) is 9.52. The number of rotatable bonds is 5. The van der Waals surface area contributed by atoms with E-state index in [2.05, 4.69) is 20.2 Å². The Kier molecular flexibility index (Phi) is 6.59. The quantitative estimate of drug-likeness (QED) is 0.535. The van der Waals surface area contributed by atoms with Crippen LogP contribution < -0.4 is 10.9 Å². The number of hydrogen-bond acceptors (Lipinski definition) is 7. The third kappa shape index (κ3) is 4.69. The van der Waals surface area contributed by atoms with Crippen LogP contribution in [0.4, 0.5) is 11.6 Å². The number of sulfone groups is 1. The molecule has 0 unspecified atom stereocenters. The number of nitrogens with zero attached hydrogens (tertiary/aromatic N) is 4. The highest BCUT2D eigenvalue weighted by molar-refractivity contribution is 7.92. The minimum atomic E-state index is -3.39. The average molecular weight is 516 g/mol. The van der Waals surface area contributed by atoms with Crippen LogP contribution in [-0.4, -0.2) is 53.2 Å². The zero-order valence-electron chi connectivity index (χ0n) is 20.0. The number of anilines is 2. The SMILES string of the molecule is Cc1cc(S(=O)(=O)C2CCN(C)CC2)ccc1Nc1ncc2cc(Cl)c(=O)n(C3CCCC3)c2n1. The number of benzene rings is 1. The maximum absolute atomic E-state index is 13.2. The monoisotopic (exact) mass is 515 g/mol. The summed E-state index contributed by atoms with van der Waals surface area (Å²) in [7, 11) is -1.37. The Hall–Kier alpha value is -2.49. The van der Waals surface area contributed by atoms with E-state index in [1.807, 2.05) is 14.0 Å². The van der Waals surface area contributed by atoms with E-state index < -0.39 is 9.84 Å². The number of hydrogen-bond donors (Lipinski definition) is 1. The van der Waals surface area contributed by atoms with Crippen molar-refractivity contribution >= 4 is 44.1 Å². The van der Waals surface area contributed by atoms with Gasteiger partial charge in [0.2, 0.25) is 5.95 Å². The van der Waals surface area contributed by atoms with Crippen LogP contribution >= 0.6 is 11.6 Å². The Morgan fingerprint density at radius 3 is 2.49 bits per heavy atom. The molecular formula is C25H30ClN5O3S. The van der Waals surface area contributed by atoms with Gasteiger partial charge in [0.1, 0.15) is 10.7 Å². The zero-order valence-corrected chi connectivity index (χ0v) is 21.6. The number of likely N-dealkylation sites (tertiary alicyclic amines) is 1. The lowest BCUT2D eigenvalue weighted by Gasteiger charge is -2.28. The van der Waals surface area contributed by atoms with Gasteiger partial charge < -0.3 is 10.2 Å². The third-order valence-electron chi connectivity index (χ3n) is 7.30. The van der Waals surface area contributed by atoms with Crippen LogP contribution in [0, 0.1) is 6.92 Å². The Morgan fingerprint density at radius 2 is 1.80 bits per heavy atom. The van der Waals surface area contributed by atoms with E-state index in [-0.39, 0.29) is 21.9 Å². The lowest BCUT2D eigenvalue weighted by molar-refractivity contribution is 0.277. The molecule has 2 aromatic heterocycles. The van der Waals surface area contributed by atoms with Crippen molar-refractivity contribution in [1.29, 1.82) is 0 Å². The summed E-state index contributed by atoms with van der Waals surface area (Å²) < 4.78 is 28.1. The largest absolute Gasteiger partial charge is 0.324 e. The minimum Gasteiger partial charge on any atom is -0.324 e.